The van der Waals surface area contributed by atoms with E-state index in [2.05, 4.69) is 0 Å². The van der Waals surface area contributed by atoms with Crippen LogP contribution >= 0.6 is 10.3 Å². The maximum absolute atomic E-state index is 15.9. The summed E-state index contributed by atoms with van der Waals surface area (Å²) in [6.07, 6.45) is 0. The summed E-state index contributed by atoms with van der Waals surface area (Å²) in [6.45, 7) is 47.7. The molecule has 0 unspecified atom stereocenters. The van der Waals surface area contributed by atoms with Crippen LogP contribution in [0.5, 0.6) is 51.7 Å². The van der Waals surface area contributed by atoms with Gasteiger partial charge in [0.15, 0.2) is 0 Å². The maximum Gasteiger partial charge on any atom is 0.524 e. The molecule has 0 aliphatic rings. The predicted octanol–water partition coefficient (Wildman–Crippen LogP) is 16.3. The summed E-state index contributed by atoms with van der Waals surface area (Å²) < 4.78 is 145. The Morgan fingerprint density at radius 3 is 0.569 bits per heavy atom. The van der Waals surface area contributed by atoms with Crippen molar-refractivity contribution in [2.75, 3.05) is 0 Å². The van der Waals surface area contributed by atoms with Crippen LogP contribution in [0.25, 0.3) is 0 Å². The molecule has 12 nitrogen and oxygen atoms in total. The van der Waals surface area contributed by atoms with E-state index in [4.69, 9.17) is 46.3 Å². The third-order valence-corrected chi connectivity index (χ3v) is 13.1. The van der Waals surface area contributed by atoms with Crippen LogP contribution in [0.1, 0.15) is 187 Å². The van der Waals surface area contributed by atoms with Crippen molar-refractivity contribution in [2.24, 2.45) is 0 Å². The fraction of sp³-hybridized carbons (Fsp3) is 0.673. The van der Waals surface area contributed by atoms with Crippen molar-refractivity contribution in [1.29, 1.82) is 0 Å². The molecule has 0 spiro atoms. The van der Waals surface area contributed by atoms with Gasteiger partial charge in [-0.25, -0.2) is 0 Å². The third-order valence-electron chi connectivity index (χ3n) is 8.09. The Hall–Kier alpha value is -4.09. The summed E-state index contributed by atoms with van der Waals surface area (Å²) in [5, 5.41) is 0. The predicted molar refractivity (Wildman–Crippen MR) is 281 cm³/mol. The number of halogens is 3. The lowest BCUT2D eigenvalue weighted by Gasteiger charge is -2.46. The Kier molecular flexibility index (Phi) is 17.5. The smallest absolute Gasteiger partial charge is 0.488 e. The van der Waals surface area contributed by atoms with Crippen molar-refractivity contribution in [3.8, 4) is 51.7 Å². The van der Waals surface area contributed by atoms with Crippen LogP contribution in [0.3, 0.4) is 0 Å². The van der Waals surface area contributed by atoms with Gasteiger partial charge < -0.3 is 42.6 Å². The van der Waals surface area contributed by atoms with Crippen LogP contribution in [0.15, 0.2) is 51.1 Å². The lowest BCUT2D eigenvalue weighted by atomic mass is 10.1. The first-order chi connectivity index (χ1) is 31.6. The summed E-state index contributed by atoms with van der Waals surface area (Å²) in [7, 11) is -11.7. The average molecular weight is 1060 g/mol. The molecule has 0 fully saturated rings. The second-order valence-electron chi connectivity index (χ2n) is 26.7. The molecule has 0 aliphatic carbocycles. The Bertz CT molecular complexity index is 2140. The van der Waals surface area contributed by atoms with Gasteiger partial charge in [0.05, 0.1) is 0 Å². The molecule has 3 aromatic rings. The van der Waals surface area contributed by atoms with Gasteiger partial charge in [0.2, 0.25) is 0 Å². The fourth-order valence-corrected chi connectivity index (χ4v) is 11.9. The lowest BCUT2D eigenvalue weighted by Crippen LogP contribution is -2.33. The molecule has 0 amide bonds. The molecular formula is C55H87F3O12S2. The van der Waals surface area contributed by atoms with Gasteiger partial charge in [-0.3, -0.25) is 0 Å². The van der Waals surface area contributed by atoms with Crippen molar-refractivity contribution in [1.82, 2.24) is 0 Å². The number of rotatable bonds is 14. The number of ether oxygens (including phenoxy) is 9. The van der Waals surface area contributed by atoms with E-state index in [1.807, 2.05) is 62.3 Å². The van der Waals surface area contributed by atoms with E-state index < -0.39 is 76.3 Å². The minimum Gasteiger partial charge on any atom is -0.488 e. The van der Waals surface area contributed by atoms with Crippen molar-refractivity contribution in [3.05, 3.63) is 36.4 Å². The minimum atomic E-state index is -6.77. The van der Waals surface area contributed by atoms with Crippen LogP contribution < -0.4 is 42.6 Å². The van der Waals surface area contributed by atoms with E-state index >= 15 is 13.2 Å². The Balaban J connectivity index is 3.38. The molecule has 3 rings (SSSR count). The third kappa shape index (κ3) is 18.7. The Morgan fingerprint density at radius 2 is 0.444 bits per heavy atom. The molecule has 0 saturated carbocycles. The summed E-state index contributed by atoms with van der Waals surface area (Å²) in [6, 6.07) is 8.94. The van der Waals surface area contributed by atoms with Gasteiger partial charge in [0.25, 0.3) is 0 Å². The number of alkyl halides is 3. The van der Waals surface area contributed by atoms with Gasteiger partial charge in [0.1, 0.15) is 117 Å². The molecule has 0 aromatic heterocycles. The summed E-state index contributed by atoms with van der Waals surface area (Å²) >= 11 is 0. The van der Waals surface area contributed by atoms with Crippen LogP contribution in [0.4, 0.5) is 13.2 Å². The quantitative estimate of drug-likeness (QED) is 0.143. The first kappa shape index (κ1) is 62.2. The maximum atomic E-state index is 15.9. The summed E-state index contributed by atoms with van der Waals surface area (Å²) in [5.41, 5.74) is -15.4. The van der Waals surface area contributed by atoms with E-state index in [9.17, 15) is 8.42 Å². The Labute approximate surface area is 432 Å². The molecule has 0 heterocycles. The van der Waals surface area contributed by atoms with E-state index in [0.717, 1.165) is 0 Å². The lowest BCUT2D eigenvalue weighted by molar-refractivity contribution is -0.0497. The summed E-state index contributed by atoms with van der Waals surface area (Å²) in [4.78, 5) is -0.902. The number of hydrogen-bond donors (Lipinski definition) is 0. The SMILES string of the molecule is CC(C)(C)Oc1cc(OC(C)(C)C)c(S(OS(=O)(=O)C(F)(F)F)(c2c(OC(C)(C)C)cc(OC(C)(C)C)cc2OC(C)(C)C)c2c(OC(C)(C)C)cc(OC(C)(C)C)cc2OC(C)(C)C)c(OC(C)(C)C)c1. The second kappa shape index (κ2) is 20.2. The highest BCUT2D eigenvalue weighted by Gasteiger charge is 2.58. The van der Waals surface area contributed by atoms with Gasteiger partial charge in [-0.05, 0) is 197 Å². The van der Waals surface area contributed by atoms with E-state index in [1.165, 1.54) is 36.4 Å². The first-order valence-corrected chi connectivity index (χ1v) is 27.2. The molecule has 0 aliphatic heterocycles. The second-order valence-corrected chi connectivity index (χ2v) is 31.0. The monoisotopic (exact) mass is 1060 g/mol. The first-order valence-electron chi connectivity index (χ1n) is 24.2. The number of benzene rings is 3. The van der Waals surface area contributed by atoms with Crippen LogP contribution in [0, 0.1) is 0 Å². The molecule has 0 radical (unpaired) electrons. The van der Waals surface area contributed by atoms with Crippen LogP contribution in [0.2, 0.25) is 0 Å². The van der Waals surface area contributed by atoms with Gasteiger partial charge in [-0.1, -0.05) is 0 Å². The highest BCUT2D eigenvalue weighted by atomic mass is 32.3. The molecule has 3 aromatic carbocycles. The van der Waals surface area contributed by atoms with Crippen LogP contribution in [-0.2, 0) is 13.7 Å². The Morgan fingerprint density at radius 1 is 0.292 bits per heavy atom. The molecule has 0 saturated heterocycles. The van der Waals surface area contributed by atoms with Crippen molar-refractivity contribution in [2.45, 2.75) is 258 Å². The largest absolute Gasteiger partial charge is 0.524 e. The molecule has 0 N–H and O–H groups in total. The molecule has 17 heteroatoms. The average Bonchev–Trinajstić information content (AvgIpc) is 3.00. The summed E-state index contributed by atoms with van der Waals surface area (Å²) in [5.74, 6) is -0.515. The van der Waals surface area contributed by atoms with Gasteiger partial charge in [-0.2, -0.15) is 25.2 Å². The molecule has 412 valence electrons. The minimum absolute atomic E-state index is 0.173. The van der Waals surface area contributed by atoms with E-state index in [1.54, 1.807) is 125 Å². The van der Waals surface area contributed by atoms with Crippen molar-refractivity contribution < 1.29 is 67.9 Å². The highest BCUT2D eigenvalue weighted by molar-refractivity contribution is 8.33. The zero-order valence-corrected chi connectivity index (χ0v) is 49.9. The van der Waals surface area contributed by atoms with Gasteiger partial charge in [-0.15, -0.1) is 0 Å². The van der Waals surface area contributed by atoms with Crippen molar-refractivity contribution >= 4 is 20.4 Å². The van der Waals surface area contributed by atoms with Gasteiger partial charge in [0, 0.05) is 36.4 Å². The fourth-order valence-electron chi connectivity index (χ4n) is 6.76. The van der Waals surface area contributed by atoms with E-state index in [0.29, 0.717) is 0 Å². The molecule has 0 atom stereocenters. The van der Waals surface area contributed by atoms with Crippen molar-refractivity contribution in [3.63, 3.8) is 0 Å². The van der Waals surface area contributed by atoms with Crippen LogP contribution in [-0.4, -0.2) is 64.3 Å². The standard InChI is InChI=1S/C55H87F3O12S2/c1-46(2,3)61-34-28-37(64-49(10,11)12)43(38(29-34)65-50(13,14)15)71(70-72(59,60)55(56,57)58,44-39(66-51(16,17)18)30-35(62-47(4,5)6)31-40(44)67-52(19,20)21)45-41(68-53(22,23)24)32-36(63-48(7,8)9)33-42(45)69-54(25,26)27/h28-33H,1-27H3. The molecular weight excluding hydrogens is 974 g/mol. The number of hydrogen-bond acceptors (Lipinski definition) is 12. The molecule has 72 heavy (non-hydrogen) atoms. The zero-order chi connectivity index (χ0) is 56.2. The zero-order valence-electron chi connectivity index (χ0n) is 48.3. The van der Waals surface area contributed by atoms with Gasteiger partial charge >= 0.3 is 15.6 Å². The normalized spacial score (nSPS) is 14.4. The van der Waals surface area contributed by atoms with E-state index in [-0.39, 0.29) is 66.4 Å². The highest BCUT2D eigenvalue weighted by Crippen LogP contribution is 2.82. The topological polar surface area (TPSA) is 126 Å². The molecule has 0 bridgehead atoms.